The van der Waals surface area contributed by atoms with Crippen LogP contribution < -0.4 is 10.2 Å². The summed E-state index contributed by atoms with van der Waals surface area (Å²) in [5, 5.41) is 2.85. The van der Waals surface area contributed by atoms with Crippen LogP contribution in [-0.4, -0.2) is 23.3 Å². The minimum atomic E-state index is -0.696. The van der Waals surface area contributed by atoms with Gasteiger partial charge in [0.15, 0.2) is 11.5 Å². The average Bonchev–Trinajstić information content (AvgIpc) is 3.25. The molecule has 144 valence electrons. The molecule has 2 amide bonds. The van der Waals surface area contributed by atoms with Crippen molar-refractivity contribution in [3.63, 3.8) is 0 Å². The molecule has 1 aromatic heterocycles. The summed E-state index contributed by atoms with van der Waals surface area (Å²) < 4.78 is 6.59. The number of anilines is 2. The first kappa shape index (κ1) is 18.7. The summed E-state index contributed by atoms with van der Waals surface area (Å²) in [4.78, 5) is 31.6. The molecule has 0 spiro atoms. The van der Waals surface area contributed by atoms with Crippen LogP contribution in [0.15, 0.2) is 51.4 Å². The van der Waals surface area contributed by atoms with Gasteiger partial charge in [0.25, 0.3) is 0 Å². The molecular formula is C21H20BrN3O3. The minimum absolute atomic E-state index is 0.180. The summed E-state index contributed by atoms with van der Waals surface area (Å²) in [6.45, 7) is 4.54. The fourth-order valence-electron chi connectivity index (χ4n) is 3.32. The highest BCUT2D eigenvalue weighted by Crippen LogP contribution is 2.29. The van der Waals surface area contributed by atoms with Crippen molar-refractivity contribution in [2.24, 2.45) is 5.92 Å². The predicted octanol–water partition coefficient (Wildman–Crippen LogP) is 4.71. The van der Waals surface area contributed by atoms with E-state index in [4.69, 9.17) is 4.42 Å². The van der Waals surface area contributed by atoms with E-state index in [0.29, 0.717) is 35.6 Å². The van der Waals surface area contributed by atoms with E-state index < -0.39 is 5.92 Å². The van der Waals surface area contributed by atoms with E-state index in [2.05, 4.69) is 26.2 Å². The van der Waals surface area contributed by atoms with Crippen molar-refractivity contribution in [3.8, 4) is 0 Å². The van der Waals surface area contributed by atoms with Crippen LogP contribution in [0.4, 0.5) is 11.4 Å². The monoisotopic (exact) mass is 441 g/mol. The van der Waals surface area contributed by atoms with Gasteiger partial charge in [0.1, 0.15) is 11.4 Å². The Bertz CT molecular complexity index is 1060. The van der Waals surface area contributed by atoms with Crippen LogP contribution in [0.3, 0.4) is 0 Å². The van der Waals surface area contributed by atoms with Crippen molar-refractivity contribution in [1.29, 1.82) is 0 Å². The van der Waals surface area contributed by atoms with Gasteiger partial charge in [0.05, 0.1) is 0 Å². The number of carbonyl (C=O) groups is 2. The van der Waals surface area contributed by atoms with E-state index in [1.807, 2.05) is 38.1 Å². The first-order valence-electron chi connectivity index (χ1n) is 9.20. The molecule has 1 saturated heterocycles. The van der Waals surface area contributed by atoms with Crippen LogP contribution in [0.2, 0.25) is 0 Å². The highest BCUT2D eigenvalue weighted by atomic mass is 79.9. The number of hydrogen-bond donors (Lipinski definition) is 1. The number of aromatic nitrogens is 1. The Labute approximate surface area is 171 Å². The number of amides is 2. The molecule has 0 radical (unpaired) electrons. The maximum atomic E-state index is 12.8. The minimum Gasteiger partial charge on any atom is -0.440 e. The van der Waals surface area contributed by atoms with Crippen LogP contribution >= 0.6 is 15.9 Å². The Morgan fingerprint density at radius 2 is 2.11 bits per heavy atom. The molecule has 2 aromatic carbocycles. The lowest BCUT2D eigenvalue weighted by atomic mass is 10.1. The number of rotatable bonds is 4. The SMILES string of the molecule is CC(C)c1nc2cc(NC(=O)C3CCN(c4cccc(Br)c4)C3=O)ccc2o1. The zero-order valence-corrected chi connectivity index (χ0v) is 17.2. The summed E-state index contributed by atoms with van der Waals surface area (Å²) in [6.07, 6.45) is 0.487. The topological polar surface area (TPSA) is 75.4 Å². The van der Waals surface area contributed by atoms with E-state index in [1.54, 1.807) is 23.1 Å². The zero-order valence-electron chi connectivity index (χ0n) is 15.6. The molecule has 0 aliphatic carbocycles. The second-order valence-corrected chi connectivity index (χ2v) is 8.11. The third-order valence-corrected chi connectivity index (χ3v) is 5.30. The highest BCUT2D eigenvalue weighted by Gasteiger charge is 2.37. The van der Waals surface area contributed by atoms with Gasteiger partial charge in [-0.3, -0.25) is 9.59 Å². The Morgan fingerprint density at radius 1 is 1.29 bits per heavy atom. The highest BCUT2D eigenvalue weighted by molar-refractivity contribution is 9.10. The average molecular weight is 442 g/mol. The van der Waals surface area contributed by atoms with Gasteiger partial charge in [0.2, 0.25) is 11.8 Å². The molecule has 4 rings (SSSR count). The van der Waals surface area contributed by atoms with Crippen molar-refractivity contribution < 1.29 is 14.0 Å². The van der Waals surface area contributed by atoms with Gasteiger partial charge in [-0.25, -0.2) is 4.98 Å². The van der Waals surface area contributed by atoms with Crippen LogP contribution in [0, 0.1) is 5.92 Å². The molecule has 1 fully saturated rings. The molecule has 0 bridgehead atoms. The molecule has 2 heterocycles. The van der Waals surface area contributed by atoms with Gasteiger partial charge in [0, 0.05) is 28.3 Å². The van der Waals surface area contributed by atoms with Gasteiger partial charge < -0.3 is 14.6 Å². The molecule has 1 unspecified atom stereocenters. The molecule has 7 heteroatoms. The van der Waals surface area contributed by atoms with Crippen molar-refractivity contribution in [3.05, 3.63) is 52.8 Å². The van der Waals surface area contributed by atoms with Gasteiger partial charge in [-0.05, 0) is 42.8 Å². The summed E-state index contributed by atoms with van der Waals surface area (Å²) in [5.74, 6) is -0.326. The fraction of sp³-hybridized carbons (Fsp3) is 0.286. The van der Waals surface area contributed by atoms with Crippen LogP contribution in [0.25, 0.3) is 11.1 Å². The molecule has 1 aliphatic heterocycles. The smallest absolute Gasteiger partial charge is 0.239 e. The number of halogens is 1. The quantitative estimate of drug-likeness (QED) is 0.595. The lowest BCUT2D eigenvalue weighted by molar-refractivity contribution is -0.129. The van der Waals surface area contributed by atoms with Gasteiger partial charge >= 0.3 is 0 Å². The van der Waals surface area contributed by atoms with Crippen molar-refractivity contribution in [2.75, 3.05) is 16.8 Å². The van der Waals surface area contributed by atoms with E-state index >= 15 is 0 Å². The second-order valence-electron chi connectivity index (χ2n) is 7.19. The Balaban J connectivity index is 1.49. The maximum Gasteiger partial charge on any atom is 0.239 e. The van der Waals surface area contributed by atoms with Crippen molar-refractivity contribution >= 4 is 50.2 Å². The predicted molar refractivity (Wildman–Crippen MR) is 111 cm³/mol. The Hall–Kier alpha value is -2.67. The normalized spacial score (nSPS) is 16.9. The molecule has 0 saturated carbocycles. The number of nitrogens with zero attached hydrogens (tertiary/aromatic N) is 2. The van der Waals surface area contributed by atoms with E-state index in [0.717, 1.165) is 10.2 Å². The summed E-state index contributed by atoms with van der Waals surface area (Å²) >= 11 is 3.42. The molecular weight excluding hydrogens is 422 g/mol. The van der Waals surface area contributed by atoms with E-state index in [1.165, 1.54) is 0 Å². The lowest BCUT2D eigenvalue weighted by Crippen LogP contribution is -2.33. The zero-order chi connectivity index (χ0) is 19.8. The first-order chi connectivity index (χ1) is 13.4. The summed E-state index contributed by atoms with van der Waals surface area (Å²) in [7, 11) is 0. The molecule has 1 N–H and O–H groups in total. The molecule has 1 atom stereocenters. The van der Waals surface area contributed by atoms with Gasteiger partial charge in [-0.1, -0.05) is 35.8 Å². The van der Waals surface area contributed by atoms with Crippen LogP contribution in [-0.2, 0) is 9.59 Å². The van der Waals surface area contributed by atoms with Gasteiger partial charge in [-0.2, -0.15) is 0 Å². The number of hydrogen-bond acceptors (Lipinski definition) is 4. The maximum absolute atomic E-state index is 12.8. The molecule has 6 nitrogen and oxygen atoms in total. The Morgan fingerprint density at radius 3 is 2.86 bits per heavy atom. The second kappa shape index (κ2) is 7.39. The van der Waals surface area contributed by atoms with Crippen molar-refractivity contribution in [2.45, 2.75) is 26.2 Å². The summed E-state index contributed by atoms with van der Waals surface area (Å²) in [6, 6.07) is 12.8. The molecule has 28 heavy (non-hydrogen) atoms. The lowest BCUT2D eigenvalue weighted by Gasteiger charge is -2.17. The number of carbonyl (C=O) groups excluding carboxylic acids is 2. The Kier molecular flexibility index (Phi) is 4.93. The number of nitrogens with one attached hydrogen (secondary N) is 1. The fourth-order valence-corrected chi connectivity index (χ4v) is 3.71. The van der Waals surface area contributed by atoms with Crippen LogP contribution in [0.5, 0.6) is 0 Å². The third kappa shape index (κ3) is 3.54. The first-order valence-corrected chi connectivity index (χ1v) is 10.00. The largest absolute Gasteiger partial charge is 0.440 e. The summed E-state index contributed by atoms with van der Waals surface area (Å²) in [5.41, 5.74) is 2.77. The van der Waals surface area contributed by atoms with Crippen molar-refractivity contribution in [1.82, 2.24) is 4.98 Å². The number of benzene rings is 2. The van der Waals surface area contributed by atoms with Crippen LogP contribution in [0.1, 0.15) is 32.1 Å². The number of oxazole rings is 1. The molecule has 1 aliphatic rings. The van der Waals surface area contributed by atoms with E-state index in [-0.39, 0.29) is 17.7 Å². The standard InChI is InChI=1S/C21H20BrN3O3/c1-12(2)20-24-17-11-14(6-7-18(17)28-20)23-19(26)16-8-9-25(21(16)27)15-5-3-4-13(22)10-15/h3-7,10-12,16H,8-9H2,1-2H3,(H,23,26). The van der Waals surface area contributed by atoms with Gasteiger partial charge in [-0.15, -0.1) is 0 Å². The van der Waals surface area contributed by atoms with E-state index in [9.17, 15) is 9.59 Å². The molecule has 3 aromatic rings. The number of fused-ring (bicyclic) bond motifs is 1. The third-order valence-electron chi connectivity index (χ3n) is 4.81.